The van der Waals surface area contributed by atoms with E-state index in [2.05, 4.69) is 26.8 Å². The number of halogens is 3. The summed E-state index contributed by atoms with van der Waals surface area (Å²) in [5.74, 6) is -0.470. The Morgan fingerprint density at radius 3 is 2.49 bits per heavy atom. The van der Waals surface area contributed by atoms with Gasteiger partial charge in [0.2, 0.25) is 5.91 Å². The van der Waals surface area contributed by atoms with E-state index in [1.807, 2.05) is 0 Å². The third kappa shape index (κ3) is 6.83. The number of esters is 1. The molecule has 0 atom stereocenters. The van der Waals surface area contributed by atoms with E-state index in [9.17, 15) is 18.4 Å². The van der Waals surface area contributed by atoms with Crippen LogP contribution < -0.4 is 10.1 Å². The Morgan fingerprint density at radius 2 is 1.85 bits per heavy atom. The van der Waals surface area contributed by atoms with Gasteiger partial charge < -0.3 is 14.8 Å². The van der Waals surface area contributed by atoms with Crippen LogP contribution in [0.5, 0.6) is 5.75 Å². The second-order valence-corrected chi connectivity index (χ2v) is 10.1. The number of thiophene rings is 1. The van der Waals surface area contributed by atoms with Crippen LogP contribution in [0.25, 0.3) is 22.5 Å². The van der Waals surface area contributed by atoms with Gasteiger partial charge in [0, 0.05) is 28.1 Å². The molecule has 4 rings (SSSR count). The standard InChI is InChI=1S/C26H21ClF2N4O4S2/c1-3-12-33-22(16-6-10-18(11-7-16)37-25(28)29)31-32-26(33)39-14-20(34)30-23-21(24(35)36-2)19(13-38-23)15-4-8-17(27)9-5-15/h3-11,13,25H,1,12,14H2,2H3,(H,30,34). The SMILES string of the molecule is C=CCn1c(SCC(=O)Nc2scc(-c3ccc(Cl)cc3)c2C(=O)OC)nnc1-c1ccc(OC(F)F)cc1. The van der Waals surface area contributed by atoms with E-state index in [0.717, 1.165) is 17.3 Å². The van der Waals surface area contributed by atoms with Crippen molar-refractivity contribution in [3.63, 3.8) is 0 Å². The van der Waals surface area contributed by atoms with E-state index in [0.29, 0.717) is 38.7 Å². The summed E-state index contributed by atoms with van der Waals surface area (Å²) in [5, 5.41) is 14.3. The molecule has 13 heteroatoms. The molecule has 0 saturated carbocycles. The number of rotatable bonds is 11. The van der Waals surface area contributed by atoms with Crippen LogP contribution in [-0.2, 0) is 16.1 Å². The predicted molar refractivity (Wildman–Crippen MR) is 148 cm³/mol. The Balaban J connectivity index is 1.49. The van der Waals surface area contributed by atoms with Gasteiger partial charge in [0.25, 0.3) is 0 Å². The fraction of sp³-hybridized carbons (Fsp3) is 0.154. The fourth-order valence-electron chi connectivity index (χ4n) is 3.58. The van der Waals surface area contributed by atoms with Gasteiger partial charge in [-0.25, -0.2) is 4.79 Å². The first-order chi connectivity index (χ1) is 18.8. The van der Waals surface area contributed by atoms with Crippen molar-refractivity contribution in [1.29, 1.82) is 0 Å². The highest BCUT2D eigenvalue weighted by atomic mass is 35.5. The lowest BCUT2D eigenvalue weighted by Gasteiger charge is -2.10. The van der Waals surface area contributed by atoms with Crippen molar-refractivity contribution in [2.75, 3.05) is 18.2 Å². The van der Waals surface area contributed by atoms with Crippen molar-refractivity contribution in [3.05, 3.63) is 77.2 Å². The first kappa shape index (κ1) is 28.3. The van der Waals surface area contributed by atoms with Gasteiger partial charge in [-0.1, -0.05) is 41.6 Å². The van der Waals surface area contributed by atoms with Crippen molar-refractivity contribution in [2.45, 2.75) is 18.3 Å². The summed E-state index contributed by atoms with van der Waals surface area (Å²) in [6, 6.07) is 13.0. The minimum absolute atomic E-state index is 0.0222. The fourth-order valence-corrected chi connectivity index (χ4v) is 5.42. The number of nitrogens with one attached hydrogen (secondary N) is 1. The van der Waals surface area contributed by atoms with Gasteiger partial charge in [0.15, 0.2) is 11.0 Å². The minimum atomic E-state index is -2.92. The van der Waals surface area contributed by atoms with Crippen LogP contribution >= 0.6 is 34.7 Å². The van der Waals surface area contributed by atoms with Gasteiger partial charge in [-0.05, 0) is 42.0 Å². The summed E-state index contributed by atoms with van der Waals surface area (Å²) in [4.78, 5) is 25.4. The molecule has 0 bridgehead atoms. The van der Waals surface area contributed by atoms with Crippen LogP contribution in [-0.4, -0.2) is 46.1 Å². The molecule has 0 fully saturated rings. The second-order valence-electron chi connectivity index (χ2n) is 7.80. The number of nitrogens with zero attached hydrogens (tertiary/aromatic N) is 3. The molecule has 0 spiro atoms. The predicted octanol–water partition coefficient (Wildman–Crippen LogP) is 6.63. The number of amides is 1. The number of ether oxygens (including phenoxy) is 2. The Bertz CT molecular complexity index is 1470. The summed E-state index contributed by atoms with van der Waals surface area (Å²) >= 11 is 8.34. The average Bonchev–Trinajstić information content (AvgIpc) is 3.52. The van der Waals surface area contributed by atoms with Crippen LogP contribution in [0.3, 0.4) is 0 Å². The number of anilines is 1. The molecule has 2 aromatic carbocycles. The largest absolute Gasteiger partial charge is 0.465 e. The zero-order chi connectivity index (χ0) is 27.9. The van der Waals surface area contributed by atoms with Gasteiger partial charge in [-0.3, -0.25) is 9.36 Å². The van der Waals surface area contributed by atoms with Crippen molar-refractivity contribution < 1.29 is 27.8 Å². The van der Waals surface area contributed by atoms with Gasteiger partial charge in [-0.15, -0.1) is 28.1 Å². The molecule has 8 nitrogen and oxygen atoms in total. The number of carbonyl (C=O) groups is 2. The Labute approximate surface area is 235 Å². The Hall–Kier alpha value is -3.74. The van der Waals surface area contributed by atoms with E-state index in [4.69, 9.17) is 16.3 Å². The number of hydrogen-bond donors (Lipinski definition) is 1. The summed E-state index contributed by atoms with van der Waals surface area (Å²) < 4.78 is 36.0. The zero-order valence-electron chi connectivity index (χ0n) is 20.4. The molecule has 39 heavy (non-hydrogen) atoms. The third-order valence-corrected chi connectivity index (χ3v) is 7.40. The molecule has 0 saturated heterocycles. The highest BCUT2D eigenvalue weighted by molar-refractivity contribution is 7.99. The summed E-state index contributed by atoms with van der Waals surface area (Å²) in [6.07, 6.45) is 1.65. The Morgan fingerprint density at radius 1 is 1.15 bits per heavy atom. The normalized spacial score (nSPS) is 10.9. The molecule has 0 aliphatic heterocycles. The summed E-state index contributed by atoms with van der Waals surface area (Å²) in [7, 11) is 1.27. The van der Waals surface area contributed by atoms with Crippen molar-refractivity contribution in [1.82, 2.24) is 14.8 Å². The number of benzene rings is 2. The van der Waals surface area contributed by atoms with E-state index in [-0.39, 0.29) is 23.0 Å². The smallest absolute Gasteiger partial charge is 0.387 e. The number of hydrogen-bond acceptors (Lipinski definition) is 8. The monoisotopic (exact) mass is 590 g/mol. The van der Waals surface area contributed by atoms with Crippen molar-refractivity contribution >= 4 is 51.6 Å². The highest BCUT2D eigenvalue weighted by Crippen LogP contribution is 2.37. The molecule has 0 radical (unpaired) electrons. The molecule has 0 aliphatic rings. The summed E-state index contributed by atoms with van der Waals surface area (Å²) in [5.41, 5.74) is 2.24. The molecule has 0 unspecified atom stereocenters. The second kappa shape index (κ2) is 12.9. The van der Waals surface area contributed by atoms with Crippen LogP contribution in [0.4, 0.5) is 13.8 Å². The van der Waals surface area contributed by atoms with Crippen LogP contribution in [0.2, 0.25) is 5.02 Å². The molecular formula is C26H21ClF2N4O4S2. The molecule has 1 N–H and O–H groups in total. The summed E-state index contributed by atoms with van der Waals surface area (Å²) in [6.45, 7) is 1.19. The average molecular weight is 591 g/mol. The first-order valence-corrected chi connectivity index (χ1v) is 13.5. The molecule has 202 valence electrons. The molecule has 1 amide bonds. The number of carbonyl (C=O) groups excluding carboxylic acids is 2. The van der Waals surface area contributed by atoms with Crippen LogP contribution in [0.1, 0.15) is 10.4 Å². The Kier molecular flexibility index (Phi) is 9.33. The van der Waals surface area contributed by atoms with E-state index in [1.54, 1.807) is 52.4 Å². The molecule has 0 aliphatic carbocycles. The highest BCUT2D eigenvalue weighted by Gasteiger charge is 2.23. The number of allylic oxidation sites excluding steroid dienone is 1. The number of aromatic nitrogens is 3. The molecule has 4 aromatic rings. The number of thioether (sulfide) groups is 1. The van der Waals surface area contributed by atoms with Crippen LogP contribution in [0, 0.1) is 0 Å². The maximum Gasteiger partial charge on any atom is 0.387 e. The van der Waals surface area contributed by atoms with Gasteiger partial charge in [0.05, 0.1) is 12.9 Å². The lowest BCUT2D eigenvalue weighted by Crippen LogP contribution is -2.16. The van der Waals surface area contributed by atoms with Crippen molar-refractivity contribution in [2.24, 2.45) is 0 Å². The lowest BCUT2D eigenvalue weighted by atomic mass is 10.0. The maximum atomic E-state index is 12.9. The van der Waals surface area contributed by atoms with E-state index < -0.39 is 12.6 Å². The molecule has 2 aromatic heterocycles. The van der Waals surface area contributed by atoms with Gasteiger partial charge in [-0.2, -0.15) is 8.78 Å². The quantitative estimate of drug-likeness (QED) is 0.119. The van der Waals surface area contributed by atoms with E-state index >= 15 is 0 Å². The number of methoxy groups -OCH3 is 1. The topological polar surface area (TPSA) is 95.3 Å². The lowest BCUT2D eigenvalue weighted by molar-refractivity contribution is -0.113. The van der Waals surface area contributed by atoms with Gasteiger partial charge >= 0.3 is 12.6 Å². The molecular weight excluding hydrogens is 570 g/mol. The molecule has 2 heterocycles. The van der Waals surface area contributed by atoms with Crippen LogP contribution in [0.15, 0.2) is 71.7 Å². The van der Waals surface area contributed by atoms with Crippen molar-refractivity contribution in [3.8, 4) is 28.3 Å². The first-order valence-electron chi connectivity index (χ1n) is 11.3. The zero-order valence-corrected chi connectivity index (χ0v) is 22.8. The number of alkyl halides is 2. The van der Waals surface area contributed by atoms with Gasteiger partial charge in [0.1, 0.15) is 16.3 Å². The minimum Gasteiger partial charge on any atom is -0.465 e. The third-order valence-electron chi connectivity index (χ3n) is 5.29. The van der Waals surface area contributed by atoms with E-state index in [1.165, 1.54) is 30.6 Å². The maximum absolute atomic E-state index is 12.9.